The molecule has 0 saturated carbocycles. The quantitative estimate of drug-likeness (QED) is 0.320. The van der Waals surface area contributed by atoms with Gasteiger partial charge in [0, 0.05) is 6.42 Å². The van der Waals surface area contributed by atoms with E-state index in [0.29, 0.717) is 13.0 Å². The maximum Gasteiger partial charge on any atom is 0.305 e. The number of carbonyl (C=O) groups excluding carboxylic acids is 1. The fourth-order valence-electron chi connectivity index (χ4n) is 1.85. The van der Waals surface area contributed by atoms with Crippen molar-refractivity contribution in [3.63, 3.8) is 0 Å². The van der Waals surface area contributed by atoms with Gasteiger partial charge in [-0.1, -0.05) is 44.9 Å². The Morgan fingerprint density at radius 2 is 1.35 bits per heavy atom. The SMILES string of the molecule is CCOC(=O)CCCCCCCCCCCS. The smallest absolute Gasteiger partial charge is 0.305 e. The highest BCUT2D eigenvalue weighted by molar-refractivity contribution is 7.80. The topological polar surface area (TPSA) is 26.3 Å². The molecule has 0 N–H and O–H groups in total. The molecule has 0 spiro atoms. The zero-order valence-electron chi connectivity index (χ0n) is 11.2. The van der Waals surface area contributed by atoms with E-state index >= 15 is 0 Å². The zero-order chi connectivity index (χ0) is 12.8. The number of carbonyl (C=O) groups is 1. The normalized spacial score (nSPS) is 10.5. The summed E-state index contributed by atoms with van der Waals surface area (Å²) in [7, 11) is 0. The summed E-state index contributed by atoms with van der Waals surface area (Å²) in [4.78, 5) is 11.1. The van der Waals surface area contributed by atoms with Gasteiger partial charge in [0.25, 0.3) is 0 Å². The molecule has 0 aromatic rings. The number of hydrogen-bond acceptors (Lipinski definition) is 3. The van der Waals surface area contributed by atoms with Gasteiger partial charge in [0.2, 0.25) is 0 Å². The lowest BCUT2D eigenvalue weighted by Crippen LogP contribution is -2.03. The molecular formula is C14H28O2S. The van der Waals surface area contributed by atoms with E-state index in [2.05, 4.69) is 12.6 Å². The average molecular weight is 260 g/mol. The molecule has 0 aromatic carbocycles. The lowest BCUT2D eigenvalue weighted by Gasteiger charge is -2.02. The highest BCUT2D eigenvalue weighted by Crippen LogP contribution is 2.11. The second kappa shape index (κ2) is 13.9. The van der Waals surface area contributed by atoms with Gasteiger partial charge in [-0.2, -0.15) is 12.6 Å². The van der Waals surface area contributed by atoms with E-state index in [4.69, 9.17) is 4.74 Å². The van der Waals surface area contributed by atoms with Crippen LogP contribution in [0.5, 0.6) is 0 Å². The van der Waals surface area contributed by atoms with Crippen LogP contribution in [0.15, 0.2) is 0 Å². The van der Waals surface area contributed by atoms with Gasteiger partial charge in [-0.15, -0.1) is 0 Å². The maximum absolute atomic E-state index is 11.1. The molecule has 0 atom stereocenters. The molecule has 3 heteroatoms. The first-order valence-electron chi connectivity index (χ1n) is 7.07. The van der Waals surface area contributed by atoms with E-state index in [-0.39, 0.29) is 5.97 Å². The second-order valence-electron chi connectivity index (χ2n) is 4.46. The first kappa shape index (κ1) is 16.8. The Morgan fingerprint density at radius 1 is 0.882 bits per heavy atom. The van der Waals surface area contributed by atoms with E-state index in [9.17, 15) is 4.79 Å². The van der Waals surface area contributed by atoms with Gasteiger partial charge in [0.05, 0.1) is 6.61 Å². The minimum atomic E-state index is -0.0424. The Hall–Kier alpha value is -0.180. The van der Waals surface area contributed by atoms with Gasteiger partial charge in [-0.05, 0) is 25.5 Å². The highest BCUT2D eigenvalue weighted by Gasteiger charge is 2.00. The van der Waals surface area contributed by atoms with Crippen molar-refractivity contribution in [3.8, 4) is 0 Å². The average Bonchev–Trinajstić information content (AvgIpc) is 2.32. The van der Waals surface area contributed by atoms with Gasteiger partial charge in [-0.25, -0.2) is 0 Å². The van der Waals surface area contributed by atoms with Crippen molar-refractivity contribution in [1.29, 1.82) is 0 Å². The molecule has 0 aliphatic carbocycles. The Morgan fingerprint density at radius 3 is 1.82 bits per heavy atom. The fraction of sp³-hybridized carbons (Fsp3) is 0.929. The van der Waals surface area contributed by atoms with E-state index in [0.717, 1.165) is 18.6 Å². The molecule has 2 nitrogen and oxygen atoms in total. The van der Waals surface area contributed by atoms with Crippen LogP contribution in [0.25, 0.3) is 0 Å². The molecule has 17 heavy (non-hydrogen) atoms. The highest BCUT2D eigenvalue weighted by atomic mass is 32.1. The van der Waals surface area contributed by atoms with Gasteiger partial charge >= 0.3 is 5.97 Å². The van der Waals surface area contributed by atoms with Crippen LogP contribution in [-0.2, 0) is 9.53 Å². The van der Waals surface area contributed by atoms with Crippen LogP contribution >= 0.6 is 12.6 Å². The standard InChI is InChI=1S/C14H28O2S/c1-2-16-14(15)12-10-8-6-4-3-5-7-9-11-13-17/h17H,2-13H2,1H3. The van der Waals surface area contributed by atoms with Crippen molar-refractivity contribution < 1.29 is 9.53 Å². The Bertz CT molecular complexity index is 172. The van der Waals surface area contributed by atoms with Crippen molar-refractivity contribution >= 4 is 18.6 Å². The molecule has 0 radical (unpaired) electrons. The minimum Gasteiger partial charge on any atom is -0.466 e. The third-order valence-corrected chi connectivity index (χ3v) is 3.16. The molecule has 0 amide bonds. The number of unbranched alkanes of at least 4 members (excludes halogenated alkanes) is 8. The summed E-state index contributed by atoms with van der Waals surface area (Å²) >= 11 is 4.20. The van der Waals surface area contributed by atoms with Gasteiger partial charge in [-0.3, -0.25) is 4.79 Å². The molecule has 0 rings (SSSR count). The van der Waals surface area contributed by atoms with Crippen LogP contribution in [0.2, 0.25) is 0 Å². The van der Waals surface area contributed by atoms with Crippen molar-refractivity contribution in [2.45, 2.75) is 71.1 Å². The molecular weight excluding hydrogens is 232 g/mol. The van der Waals surface area contributed by atoms with Crippen LogP contribution in [0.3, 0.4) is 0 Å². The molecule has 0 heterocycles. The molecule has 0 unspecified atom stereocenters. The van der Waals surface area contributed by atoms with E-state index in [1.165, 1.54) is 44.9 Å². The number of hydrogen-bond donors (Lipinski definition) is 1. The van der Waals surface area contributed by atoms with Gasteiger partial charge in [0.15, 0.2) is 0 Å². The zero-order valence-corrected chi connectivity index (χ0v) is 12.1. The third-order valence-electron chi connectivity index (χ3n) is 2.84. The molecule has 0 aliphatic heterocycles. The lowest BCUT2D eigenvalue weighted by atomic mass is 10.1. The van der Waals surface area contributed by atoms with Crippen LogP contribution < -0.4 is 0 Å². The number of rotatable bonds is 12. The van der Waals surface area contributed by atoms with E-state index in [1.54, 1.807) is 0 Å². The lowest BCUT2D eigenvalue weighted by molar-refractivity contribution is -0.143. The Kier molecular flexibility index (Phi) is 13.7. The predicted molar refractivity (Wildman–Crippen MR) is 76.7 cm³/mol. The molecule has 0 aromatic heterocycles. The monoisotopic (exact) mass is 260 g/mol. The van der Waals surface area contributed by atoms with E-state index in [1.807, 2.05) is 6.92 Å². The molecule has 0 bridgehead atoms. The molecule has 102 valence electrons. The predicted octanol–water partition coefficient (Wildman–Crippen LogP) is 4.38. The van der Waals surface area contributed by atoms with Crippen molar-refractivity contribution in [2.75, 3.05) is 12.4 Å². The summed E-state index contributed by atoms with van der Waals surface area (Å²) in [5.74, 6) is 0.979. The number of ether oxygens (including phenoxy) is 1. The molecule has 0 saturated heterocycles. The van der Waals surface area contributed by atoms with Crippen LogP contribution in [-0.4, -0.2) is 18.3 Å². The summed E-state index contributed by atoms with van der Waals surface area (Å²) in [6.07, 6.45) is 11.9. The number of thiol groups is 1. The van der Waals surface area contributed by atoms with Crippen molar-refractivity contribution in [1.82, 2.24) is 0 Å². The maximum atomic E-state index is 11.1. The Balaban J connectivity index is 3.01. The minimum absolute atomic E-state index is 0.0424. The van der Waals surface area contributed by atoms with Gasteiger partial charge in [0.1, 0.15) is 0 Å². The molecule has 0 fully saturated rings. The van der Waals surface area contributed by atoms with E-state index < -0.39 is 0 Å². The van der Waals surface area contributed by atoms with Crippen LogP contribution in [0.4, 0.5) is 0 Å². The third kappa shape index (κ3) is 13.8. The van der Waals surface area contributed by atoms with Crippen molar-refractivity contribution in [3.05, 3.63) is 0 Å². The molecule has 0 aliphatic rings. The fourth-order valence-corrected chi connectivity index (χ4v) is 2.08. The number of esters is 1. The van der Waals surface area contributed by atoms with Crippen LogP contribution in [0, 0.1) is 0 Å². The summed E-state index contributed by atoms with van der Waals surface area (Å²) in [5, 5.41) is 0. The Labute approximate surface area is 112 Å². The first-order valence-corrected chi connectivity index (χ1v) is 7.71. The second-order valence-corrected chi connectivity index (χ2v) is 4.91. The summed E-state index contributed by atoms with van der Waals surface area (Å²) < 4.78 is 4.88. The largest absolute Gasteiger partial charge is 0.466 e. The van der Waals surface area contributed by atoms with Crippen molar-refractivity contribution in [2.24, 2.45) is 0 Å². The van der Waals surface area contributed by atoms with Crippen LogP contribution in [0.1, 0.15) is 71.1 Å². The van der Waals surface area contributed by atoms with Gasteiger partial charge < -0.3 is 4.74 Å². The summed E-state index contributed by atoms with van der Waals surface area (Å²) in [6, 6.07) is 0. The summed E-state index contributed by atoms with van der Waals surface area (Å²) in [5.41, 5.74) is 0. The first-order chi connectivity index (χ1) is 8.31. The summed E-state index contributed by atoms with van der Waals surface area (Å²) in [6.45, 7) is 2.36.